The molecule has 0 unspecified atom stereocenters. The number of carbonyl (C=O) groups is 2. The molecule has 2 fully saturated rings. The summed E-state index contributed by atoms with van der Waals surface area (Å²) < 4.78 is 4.86. The van der Waals surface area contributed by atoms with Crippen molar-refractivity contribution in [3.8, 4) is 0 Å². The summed E-state index contributed by atoms with van der Waals surface area (Å²) in [6.07, 6.45) is 1.09. The molecule has 2 amide bonds. The number of methoxy groups -OCH3 is 1. The predicted octanol–water partition coefficient (Wildman–Crippen LogP) is -1.40. The summed E-state index contributed by atoms with van der Waals surface area (Å²) in [5.41, 5.74) is 0. The Morgan fingerprint density at radius 2 is 1.62 bits per heavy atom. The first-order chi connectivity index (χ1) is 10.2. The van der Waals surface area contributed by atoms with Crippen LogP contribution in [0.2, 0.25) is 0 Å². The van der Waals surface area contributed by atoms with Crippen LogP contribution in [0.3, 0.4) is 0 Å². The molecule has 0 aromatic carbocycles. The van der Waals surface area contributed by atoms with Crippen molar-refractivity contribution in [2.24, 2.45) is 0 Å². The molecule has 0 aromatic heterocycles. The van der Waals surface area contributed by atoms with Crippen molar-refractivity contribution >= 4 is 11.8 Å². The molecule has 0 saturated carbocycles. The first-order valence-corrected chi connectivity index (χ1v) is 7.68. The van der Waals surface area contributed by atoms with Crippen LogP contribution in [0.15, 0.2) is 0 Å². The van der Waals surface area contributed by atoms with Crippen LogP contribution in [-0.2, 0) is 14.3 Å². The number of hydrogen-bond acceptors (Lipinski definition) is 5. The lowest BCUT2D eigenvalue weighted by Crippen LogP contribution is -2.53. The lowest BCUT2D eigenvalue weighted by atomic mass is 10.3. The number of ether oxygens (including phenoxy) is 1. The normalized spacial score (nSPS) is 21.2. The van der Waals surface area contributed by atoms with E-state index in [2.05, 4.69) is 10.2 Å². The van der Waals surface area contributed by atoms with E-state index in [0.29, 0.717) is 32.7 Å². The lowest BCUT2D eigenvalue weighted by molar-refractivity contribution is -0.142. The number of hydrogen-bond donors (Lipinski definition) is 1. The SMILES string of the molecule is COCC(=O)N1CCN(C(=O)CN2CCCNCC2)CC1. The van der Waals surface area contributed by atoms with E-state index < -0.39 is 0 Å². The van der Waals surface area contributed by atoms with E-state index in [-0.39, 0.29) is 18.4 Å². The molecule has 1 N–H and O–H groups in total. The quantitative estimate of drug-likeness (QED) is 0.691. The average Bonchev–Trinajstić information content (AvgIpc) is 2.76. The highest BCUT2D eigenvalue weighted by atomic mass is 16.5. The Hall–Kier alpha value is -1.18. The standard InChI is InChI=1S/C14H26N4O3/c1-21-12-14(20)18-9-7-17(8-10-18)13(19)11-16-5-2-3-15-4-6-16/h15H,2-12H2,1H3. The third kappa shape index (κ3) is 4.94. The van der Waals surface area contributed by atoms with Gasteiger partial charge in [-0.1, -0.05) is 0 Å². The molecule has 2 rings (SSSR count). The number of nitrogens with zero attached hydrogens (tertiary/aromatic N) is 3. The van der Waals surface area contributed by atoms with Gasteiger partial charge in [0.25, 0.3) is 0 Å². The van der Waals surface area contributed by atoms with Crippen molar-refractivity contribution < 1.29 is 14.3 Å². The number of nitrogens with one attached hydrogen (secondary N) is 1. The van der Waals surface area contributed by atoms with Crippen molar-refractivity contribution in [1.82, 2.24) is 20.0 Å². The van der Waals surface area contributed by atoms with Gasteiger partial charge in [0.1, 0.15) is 6.61 Å². The van der Waals surface area contributed by atoms with Crippen LogP contribution in [0.25, 0.3) is 0 Å². The molecule has 2 saturated heterocycles. The zero-order valence-electron chi connectivity index (χ0n) is 12.8. The van der Waals surface area contributed by atoms with E-state index in [1.165, 1.54) is 7.11 Å². The first-order valence-electron chi connectivity index (χ1n) is 7.68. The zero-order chi connectivity index (χ0) is 15.1. The van der Waals surface area contributed by atoms with Crippen LogP contribution in [0, 0.1) is 0 Å². The summed E-state index contributed by atoms with van der Waals surface area (Å²) >= 11 is 0. The van der Waals surface area contributed by atoms with Gasteiger partial charge >= 0.3 is 0 Å². The summed E-state index contributed by atoms with van der Waals surface area (Å²) in [5.74, 6) is 0.180. The van der Waals surface area contributed by atoms with Gasteiger partial charge in [0, 0.05) is 46.4 Å². The molecule has 7 nitrogen and oxygen atoms in total. The van der Waals surface area contributed by atoms with Crippen LogP contribution in [0.5, 0.6) is 0 Å². The number of piperazine rings is 1. The van der Waals surface area contributed by atoms with Crippen molar-refractivity contribution in [2.45, 2.75) is 6.42 Å². The van der Waals surface area contributed by atoms with Crippen LogP contribution >= 0.6 is 0 Å². The summed E-state index contributed by atoms with van der Waals surface area (Å²) in [4.78, 5) is 29.9. The van der Waals surface area contributed by atoms with Gasteiger partial charge in [-0.05, 0) is 19.5 Å². The largest absolute Gasteiger partial charge is 0.375 e. The molecular weight excluding hydrogens is 272 g/mol. The molecule has 21 heavy (non-hydrogen) atoms. The highest BCUT2D eigenvalue weighted by Crippen LogP contribution is 2.05. The molecule has 0 bridgehead atoms. The molecule has 2 aliphatic heterocycles. The summed E-state index contributed by atoms with van der Waals surface area (Å²) in [6.45, 7) is 6.97. The fourth-order valence-corrected chi connectivity index (χ4v) is 2.77. The van der Waals surface area contributed by atoms with Crippen molar-refractivity contribution in [2.75, 3.05) is 72.6 Å². The minimum atomic E-state index is 0.00296. The zero-order valence-corrected chi connectivity index (χ0v) is 12.8. The van der Waals surface area contributed by atoms with Gasteiger partial charge in [0.15, 0.2) is 0 Å². The van der Waals surface area contributed by atoms with Crippen LogP contribution in [0.1, 0.15) is 6.42 Å². The maximum atomic E-state index is 12.3. The van der Waals surface area contributed by atoms with Crippen LogP contribution in [0.4, 0.5) is 0 Å². The van der Waals surface area contributed by atoms with Gasteiger partial charge in [-0.15, -0.1) is 0 Å². The maximum absolute atomic E-state index is 12.3. The highest BCUT2D eigenvalue weighted by Gasteiger charge is 2.25. The maximum Gasteiger partial charge on any atom is 0.248 e. The van der Waals surface area contributed by atoms with E-state index in [9.17, 15) is 9.59 Å². The van der Waals surface area contributed by atoms with E-state index >= 15 is 0 Å². The average molecular weight is 298 g/mol. The number of rotatable bonds is 4. The molecule has 2 aliphatic rings. The molecule has 0 spiro atoms. The Labute approximate surface area is 126 Å². The molecule has 0 aliphatic carbocycles. The molecular formula is C14H26N4O3. The van der Waals surface area contributed by atoms with E-state index in [4.69, 9.17) is 4.74 Å². The molecule has 0 aromatic rings. The van der Waals surface area contributed by atoms with Gasteiger partial charge in [0.05, 0.1) is 6.54 Å². The van der Waals surface area contributed by atoms with Gasteiger partial charge in [-0.2, -0.15) is 0 Å². The van der Waals surface area contributed by atoms with Gasteiger partial charge in [-0.3, -0.25) is 14.5 Å². The minimum Gasteiger partial charge on any atom is -0.375 e. The second kappa shape index (κ2) is 8.31. The topological polar surface area (TPSA) is 65.1 Å². The first kappa shape index (κ1) is 16.2. The third-order valence-corrected chi connectivity index (χ3v) is 4.04. The van der Waals surface area contributed by atoms with E-state index in [0.717, 1.165) is 32.6 Å². The van der Waals surface area contributed by atoms with E-state index in [1.54, 1.807) is 4.90 Å². The summed E-state index contributed by atoms with van der Waals surface area (Å²) in [6, 6.07) is 0. The summed E-state index contributed by atoms with van der Waals surface area (Å²) in [7, 11) is 1.52. The van der Waals surface area contributed by atoms with Gasteiger partial charge in [0.2, 0.25) is 11.8 Å². The molecule has 7 heteroatoms. The number of carbonyl (C=O) groups excluding carboxylic acids is 2. The Kier molecular flexibility index (Phi) is 6.41. The van der Waals surface area contributed by atoms with Crippen molar-refractivity contribution in [3.05, 3.63) is 0 Å². The molecule has 0 atom stereocenters. The minimum absolute atomic E-state index is 0.00296. The van der Waals surface area contributed by atoms with Crippen LogP contribution < -0.4 is 5.32 Å². The molecule has 120 valence electrons. The fourth-order valence-electron chi connectivity index (χ4n) is 2.77. The Morgan fingerprint density at radius 1 is 0.952 bits per heavy atom. The van der Waals surface area contributed by atoms with Gasteiger partial charge < -0.3 is 19.9 Å². The molecule has 2 heterocycles. The monoisotopic (exact) mass is 298 g/mol. The fraction of sp³-hybridized carbons (Fsp3) is 0.857. The van der Waals surface area contributed by atoms with Crippen molar-refractivity contribution in [1.29, 1.82) is 0 Å². The Morgan fingerprint density at radius 3 is 2.29 bits per heavy atom. The van der Waals surface area contributed by atoms with Gasteiger partial charge in [-0.25, -0.2) is 0 Å². The lowest BCUT2D eigenvalue weighted by Gasteiger charge is -2.35. The second-order valence-electron chi connectivity index (χ2n) is 5.57. The highest BCUT2D eigenvalue weighted by molar-refractivity contribution is 5.80. The molecule has 0 radical (unpaired) electrons. The Bertz CT molecular complexity index is 348. The Balaban J connectivity index is 1.73. The van der Waals surface area contributed by atoms with Crippen LogP contribution in [-0.4, -0.2) is 99.1 Å². The van der Waals surface area contributed by atoms with Crippen molar-refractivity contribution in [3.63, 3.8) is 0 Å². The summed E-state index contributed by atoms with van der Waals surface area (Å²) in [5, 5.41) is 3.34. The predicted molar refractivity (Wildman–Crippen MR) is 79.0 cm³/mol. The number of amides is 2. The second-order valence-corrected chi connectivity index (χ2v) is 5.57. The van der Waals surface area contributed by atoms with E-state index in [1.807, 2.05) is 4.90 Å². The smallest absolute Gasteiger partial charge is 0.248 e. The third-order valence-electron chi connectivity index (χ3n) is 4.04.